The van der Waals surface area contributed by atoms with Gasteiger partial charge in [-0.05, 0) is 17.5 Å². The van der Waals surface area contributed by atoms with Gasteiger partial charge in [0.15, 0.2) is 0 Å². The van der Waals surface area contributed by atoms with E-state index in [9.17, 15) is 4.79 Å². The summed E-state index contributed by atoms with van der Waals surface area (Å²) in [6, 6.07) is 12.0. The molecule has 1 atom stereocenters. The molecule has 0 aliphatic rings. The van der Waals surface area contributed by atoms with Crippen LogP contribution in [0.15, 0.2) is 47.1 Å². The Hall–Kier alpha value is -2.47. The number of carbonyl (C=O) groups is 1. The lowest BCUT2D eigenvalue weighted by atomic mass is 9.93. The van der Waals surface area contributed by atoms with Gasteiger partial charge in [-0.3, -0.25) is 4.79 Å². The van der Waals surface area contributed by atoms with E-state index in [4.69, 9.17) is 15.6 Å². The molecule has 2 aromatic rings. The zero-order valence-electron chi connectivity index (χ0n) is 13.6. The number of terminal acetylenes is 1. The number of hydrogen-bond acceptors (Lipinski definition) is 3. The zero-order chi connectivity index (χ0) is 16.7. The predicted octanol–water partition coefficient (Wildman–Crippen LogP) is 4.21. The second-order valence-electron chi connectivity index (χ2n) is 5.95. The van der Waals surface area contributed by atoms with E-state index in [1.54, 1.807) is 6.26 Å². The first kappa shape index (κ1) is 16.9. The number of rotatable bonds is 7. The summed E-state index contributed by atoms with van der Waals surface area (Å²) in [5.41, 5.74) is 2.03. The molecule has 0 radical (unpaired) electrons. The molecule has 0 bridgehead atoms. The van der Waals surface area contributed by atoms with Crippen LogP contribution >= 0.6 is 0 Å². The maximum Gasteiger partial charge on any atom is 0.310 e. The second kappa shape index (κ2) is 8.24. The summed E-state index contributed by atoms with van der Waals surface area (Å²) in [7, 11) is 0. The molecule has 0 aliphatic heterocycles. The molecule has 2 rings (SSSR count). The Morgan fingerprint density at radius 1 is 1.26 bits per heavy atom. The molecule has 3 nitrogen and oxygen atoms in total. The molecule has 3 heteroatoms. The summed E-state index contributed by atoms with van der Waals surface area (Å²) in [5.74, 6) is 3.06. The van der Waals surface area contributed by atoms with E-state index in [-0.39, 0.29) is 24.4 Å². The first-order valence-electron chi connectivity index (χ1n) is 7.80. The molecule has 1 unspecified atom stereocenters. The van der Waals surface area contributed by atoms with Crippen LogP contribution in [0.5, 0.6) is 0 Å². The molecular formula is C20H22O3. The fourth-order valence-corrected chi connectivity index (χ4v) is 2.37. The van der Waals surface area contributed by atoms with Gasteiger partial charge in [0.1, 0.15) is 12.4 Å². The highest BCUT2D eigenvalue weighted by atomic mass is 16.5. The van der Waals surface area contributed by atoms with Gasteiger partial charge >= 0.3 is 5.97 Å². The summed E-state index contributed by atoms with van der Waals surface area (Å²) in [6.45, 7) is 4.16. The summed E-state index contributed by atoms with van der Waals surface area (Å²) < 4.78 is 10.9. The molecule has 0 aliphatic carbocycles. The molecule has 0 spiro atoms. The van der Waals surface area contributed by atoms with Crippen LogP contribution in [-0.4, -0.2) is 5.97 Å². The highest BCUT2D eigenvalue weighted by Gasteiger charge is 2.22. The topological polar surface area (TPSA) is 39.4 Å². The van der Waals surface area contributed by atoms with Crippen molar-refractivity contribution in [2.45, 2.75) is 33.3 Å². The molecule has 1 heterocycles. The van der Waals surface area contributed by atoms with Crippen molar-refractivity contribution in [3.63, 3.8) is 0 Å². The van der Waals surface area contributed by atoms with Crippen LogP contribution in [0.4, 0.5) is 0 Å². The molecule has 0 fully saturated rings. The van der Waals surface area contributed by atoms with Gasteiger partial charge in [0.2, 0.25) is 0 Å². The molecule has 1 aromatic heterocycles. The van der Waals surface area contributed by atoms with Crippen LogP contribution in [0, 0.1) is 24.2 Å². The van der Waals surface area contributed by atoms with Gasteiger partial charge in [0.05, 0.1) is 12.2 Å². The summed E-state index contributed by atoms with van der Waals surface area (Å²) in [6.07, 6.45) is 8.08. The fourth-order valence-electron chi connectivity index (χ4n) is 2.37. The Morgan fingerprint density at radius 3 is 2.65 bits per heavy atom. The van der Waals surface area contributed by atoms with E-state index >= 15 is 0 Å². The van der Waals surface area contributed by atoms with Crippen LogP contribution in [0.25, 0.3) is 0 Å². The van der Waals surface area contributed by atoms with Gasteiger partial charge in [-0.15, -0.1) is 12.3 Å². The van der Waals surface area contributed by atoms with Crippen molar-refractivity contribution in [1.82, 2.24) is 0 Å². The van der Waals surface area contributed by atoms with Crippen molar-refractivity contribution in [3.05, 3.63) is 59.5 Å². The summed E-state index contributed by atoms with van der Waals surface area (Å²) in [4.78, 5) is 12.1. The van der Waals surface area contributed by atoms with E-state index < -0.39 is 0 Å². The minimum absolute atomic E-state index is 0.163. The van der Waals surface area contributed by atoms with Crippen molar-refractivity contribution in [3.8, 4) is 12.3 Å². The van der Waals surface area contributed by atoms with Crippen molar-refractivity contribution in [2.75, 3.05) is 0 Å². The highest BCUT2D eigenvalue weighted by molar-refractivity contribution is 5.73. The highest BCUT2D eigenvalue weighted by Crippen LogP contribution is 2.19. The summed E-state index contributed by atoms with van der Waals surface area (Å²) in [5, 5.41) is 0. The van der Waals surface area contributed by atoms with Crippen molar-refractivity contribution in [2.24, 2.45) is 11.8 Å². The molecule has 1 aromatic carbocycles. The molecular weight excluding hydrogens is 288 g/mol. The third-order valence-electron chi connectivity index (χ3n) is 3.76. The third kappa shape index (κ3) is 5.03. The van der Waals surface area contributed by atoms with E-state index in [0.717, 1.165) is 17.7 Å². The minimum atomic E-state index is -0.254. The minimum Gasteiger partial charge on any atom is -0.469 e. The van der Waals surface area contributed by atoms with E-state index in [1.807, 2.05) is 38.1 Å². The molecule has 0 saturated heterocycles. The van der Waals surface area contributed by atoms with Crippen LogP contribution in [0.3, 0.4) is 0 Å². The number of ether oxygens (including phenoxy) is 1. The van der Waals surface area contributed by atoms with Gasteiger partial charge in [0, 0.05) is 18.4 Å². The smallest absolute Gasteiger partial charge is 0.310 e. The van der Waals surface area contributed by atoms with Crippen LogP contribution in [0.2, 0.25) is 0 Å². The van der Waals surface area contributed by atoms with Crippen molar-refractivity contribution in [1.29, 1.82) is 0 Å². The number of benzene rings is 1. The first-order valence-corrected chi connectivity index (χ1v) is 7.80. The average Bonchev–Trinajstić information content (AvgIpc) is 2.98. The molecule has 0 N–H and O–H groups in total. The molecule has 120 valence electrons. The fraction of sp³-hybridized carbons (Fsp3) is 0.350. The number of carbonyl (C=O) groups excluding carboxylic acids is 1. The average molecular weight is 310 g/mol. The maximum absolute atomic E-state index is 12.1. The third-order valence-corrected chi connectivity index (χ3v) is 3.76. The van der Waals surface area contributed by atoms with E-state index in [1.165, 1.54) is 5.56 Å². The number of furan rings is 1. The van der Waals surface area contributed by atoms with Crippen molar-refractivity contribution < 1.29 is 13.9 Å². The Labute approximate surface area is 137 Å². The number of hydrogen-bond donors (Lipinski definition) is 0. The molecule has 0 saturated carbocycles. The van der Waals surface area contributed by atoms with Gasteiger partial charge in [0.25, 0.3) is 0 Å². The predicted molar refractivity (Wildman–Crippen MR) is 89.5 cm³/mol. The summed E-state index contributed by atoms with van der Waals surface area (Å²) >= 11 is 0. The SMILES string of the molecule is C#CCC(C(=O)OCc1coc(Cc2ccccc2)c1)C(C)C. The largest absolute Gasteiger partial charge is 0.469 e. The normalized spacial score (nSPS) is 11.9. The lowest BCUT2D eigenvalue weighted by molar-refractivity contribution is -0.151. The standard InChI is InChI=1S/C20H22O3/c1-4-8-19(15(2)3)20(21)23-14-17-12-18(22-13-17)11-16-9-6-5-7-10-16/h1,5-7,9-10,12-13,15,19H,8,11,14H2,2-3H3. The maximum atomic E-state index is 12.1. The quantitative estimate of drug-likeness (QED) is 0.568. The van der Waals surface area contributed by atoms with Crippen molar-refractivity contribution >= 4 is 5.97 Å². The van der Waals surface area contributed by atoms with Crippen LogP contribution in [-0.2, 0) is 22.6 Å². The van der Waals surface area contributed by atoms with Gasteiger partial charge in [-0.1, -0.05) is 44.2 Å². The zero-order valence-corrected chi connectivity index (χ0v) is 13.6. The van der Waals surface area contributed by atoms with E-state index in [0.29, 0.717) is 6.42 Å². The number of esters is 1. The Balaban J connectivity index is 1.89. The molecule has 23 heavy (non-hydrogen) atoms. The second-order valence-corrected chi connectivity index (χ2v) is 5.95. The first-order chi connectivity index (χ1) is 11.1. The lowest BCUT2D eigenvalue weighted by Crippen LogP contribution is -2.22. The molecule has 0 amide bonds. The van der Waals surface area contributed by atoms with Crippen LogP contribution < -0.4 is 0 Å². The monoisotopic (exact) mass is 310 g/mol. The van der Waals surface area contributed by atoms with Gasteiger partial charge < -0.3 is 9.15 Å². The Bertz CT molecular complexity index is 662. The van der Waals surface area contributed by atoms with Gasteiger partial charge in [-0.2, -0.15) is 0 Å². The lowest BCUT2D eigenvalue weighted by Gasteiger charge is -2.16. The van der Waals surface area contributed by atoms with E-state index in [2.05, 4.69) is 18.1 Å². The Kier molecular flexibility index (Phi) is 6.05. The Morgan fingerprint density at radius 2 is 2.00 bits per heavy atom. The van der Waals surface area contributed by atoms with Gasteiger partial charge in [-0.25, -0.2) is 0 Å². The van der Waals surface area contributed by atoms with Crippen LogP contribution in [0.1, 0.15) is 37.2 Å².